The van der Waals surface area contributed by atoms with Gasteiger partial charge in [0.1, 0.15) is 5.82 Å². The maximum Gasteiger partial charge on any atom is 0.136 e. The van der Waals surface area contributed by atoms with E-state index in [2.05, 4.69) is 48.5 Å². The van der Waals surface area contributed by atoms with Crippen molar-refractivity contribution < 1.29 is 0 Å². The van der Waals surface area contributed by atoms with Crippen LogP contribution in [0.4, 0.5) is 5.82 Å². The molecular weight excluding hydrogens is 258 g/mol. The van der Waals surface area contributed by atoms with Crippen molar-refractivity contribution in [2.75, 3.05) is 25.0 Å². The first-order chi connectivity index (χ1) is 10.3. The molecule has 3 rings (SSSR count). The Labute approximate surface area is 127 Å². The zero-order valence-corrected chi connectivity index (χ0v) is 13.1. The number of aromatic nitrogens is 1. The first-order valence-corrected chi connectivity index (χ1v) is 8.08. The van der Waals surface area contributed by atoms with E-state index < -0.39 is 0 Å². The second kappa shape index (κ2) is 6.44. The van der Waals surface area contributed by atoms with Crippen molar-refractivity contribution in [3.8, 4) is 0 Å². The predicted molar refractivity (Wildman–Crippen MR) is 89.7 cm³/mol. The molecule has 1 aliphatic carbocycles. The van der Waals surface area contributed by atoms with Crippen molar-refractivity contribution in [3.63, 3.8) is 0 Å². The second-order valence-corrected chi connectivity index (χ2v) is 6.11. The third kappa shape index (κ3) is 3.03. The first kappa shape index (κ1) is 14.3. The molecule has 0 radical (unpaired) electrons. The van der Waals surface area contributed by atoms with E-state index in [1.165, 1.54) is 35.6 Å². The molecule has 1 N–H and O–H groups in total. The molecule has 0 spiro atoms. The lowest BCUT2D eigenvalue weighted by Crippen LogP contribution is -2.30. The summed E-state index contributed by atoms with van der Waals surface area (Å²) in [4.78, 5) is 7.09. The fourth-order valence-electron chi connectivity index (χ4n) is 3.09. The van der Waals surface area contributed by atoms with Crippen LogP contribution in [0.2, 0.25) is 0 Å². The normalized spacial score (nSPS) is 15.1. The van der Waals surface area contributed by atoms with Gasteiger partial charge in [-0.25, -0.2) is 4.98 Å². The van der Waals surface area contributed by atoms with Crippen LogP contribution in [0.3, 0.4) is 0 Å². The summed E-state index contributed by atoms with van der Waals surface area (Å²) < 4.78 is 0. The number of hydrogen-bond donors (Lipinski definition) is 1. The molecule has 1 heterocycles. The highest BCUT2D eigenvalue weighted by Gasteiger charge is 2.20. The summed E-state index contributed by atoms with van der Waals surface area (Å²) in [6, 6.07) is 8.64. The van der Waals surface area contributed by atoms with Gasteiger partial charge in [0.15, 0.2) is 0 Å². The van der Waals surface area contributed by atoms with Crippen molar-refractivity contribution in [1.29, 1.82) is 0 Å². The second-order valence-electron chi connectivity index (χ2n) is 6.11. The maximum absolute atomic E-state index is 4.76. The Bertz CT molecular complexity index is 604. The van der Waals surface area contributed by atoms with Crippen molar-refractivity contribution in [1.82, 2.24) is 10.3 Å². The number of hydrogen-bond acceptors (Lipinski definition) is 3. The van der Waals surface area contributed by atoms with Gasteiger partial charge in [-0.15, -0.1) is 0 Å². The lowest BCUT2D eigenvalue weighted by molar-refractivity contribution is 0.321. The smallest absolute Gasteiger partial charge is 0.136 e. The highest BCUT2D eigenvalue weighted by atomic mass is 15.2. The lowest BCUT2D eigenvalue weighted by Gasteiger charge is -2.31. The van der Waals surface area contributed by atoms with Crippen molar-refractivity contribution in [2.45, 2.75) is 32.7 Å². The van der Waals surface area contributed by atoms with Gasteiger partial charge in [-0.3, -0.25) is 0 Å². The van der Waals surface area contributed by atoms with E-state index in [1.54, 1.807) is 0 Å². The van der Waals surface area contributed by atoms with E-state index in [9.17, 15) is 0 Å². The third-order valence-electron chi connectivity index (χ3n) is 4.54. The highest BCUT2D eigenvalue weighted by molar-refractivity contribution is 5.94. The van der Waals surface area contributed by atoms with Gasteiger partial charge in [-0.1, -0.05) is 37.6 Å². The molecule has 0 atom stereocenters. The van der Waals surface area contributed by atoms with E-state index >= 15 is 0 Å². The number of pyridine rings is 1. The minimum Gasteiger partial charge on any atom is -0.359 e. The summed E-state index contributed by atoms with van der Waals surface area (Å²) in [6.45, 7) is 5.13. The Morgan fingerprint density at radius 2 is 2.00 bits per heavy atom. The monoisotopic (exact) mass is 283 g/mol. The third-order valence-corrected chi connectivity index (χ3v) is 4.54. The van der Waals surface area contributed by atoms with E-state index in [1.807, 2.05) is 6.20 Å². The minimum absolute atomic E-state index is 0.858. The Hall–Kier alpha value is -1.61. The number of nitrogens with one attached hydrogen (secondary N) is 1. The maximum atomic E-state index is 4.76. The van der Waals surface area contributed by atoms with E-state index in [4.69, 9.17) is 4.98 Å². The van der Waals surface area contributed by atoms with Gasteiger partial charge in [0.05, 0.1) is 0 Å². The molecule has 1 aliphatic rings. The van der Waals surface area contributed by atoms with Crippen LogP contribution in [0.15, 0.2) is 30.5 Å². The van der Waals surface area contributed by atoms with E-state index in [0.29, 0.717) is 0 Å². The SMILES string of the molecule is CCNCc1cnc(N(C)CC2CCC2)c2ccccc12. The topological polar surface area (TPSA) is 28.2 Å². The Morgan fingerprint density at radius 3 is 2.67 bits per heavy atom. The molecule has 0 saturated heterocycles. The molecule has 1 aromatic carbocycles. The quantitative estimate of drug-likeness (QED) is 0.878. The molecule has 3 nitrogen and oxygen atoms in total. The van der Waals surface area contributed by atoms with Gasteiger partial charge in [0.25, 0.3) is 0 Å². The number of anilines is 1. The fraction of sp³-hybridized carbons (Fsp3) is 0.500. The Balaban J connectivity index is 1.91. The first-order valence-electron chi connectivity index (χ1n) is 8.08. The molecule has 1 saturated carbocycles. The Kier molecular flexibility index (Phi) is 4.39. The van der Waals surface area contributed by atoms with Crippen LogP contribution in [-0.4, -0.2) is 25.1 Å². The predicted octanol–water partition coefficient (Wildman–Crippen LogP) is 3.58. The minimum atomic E-state index is 0.858. The van der Waals surface area contributed by atoms with E-state index in [0.717, 1.165) is 31.4 Å². The van der Waals surface area contributed by atoms with Crippen molar-refractivity contribution >= 4 is 16.6 Å². The van der Waals surface area contributed by atoms with Crippen LogP contribution in [-0.2, 0) is 6.54 Å². The summed E-state index contributed by atoms with van der Waals surface area (Å²) in [5.41, 5.74) is 1.29. The zero-order chi connectivity index (χ0) is 14.7. The summed E-state index contributed by atoms with van der Waals surface area (Å²) >= 11 is 0. The van der Waals surface area contributed by atoms with Crippen molar-refractivity contribution in [2.24, 2.45) is 5.92 Å². The van der Waals surface area contributed by atoms with Gasteiger partial charge < -0.3 is 10.2 Å². The molecule has 3 heteroatoms. The lowest BCUT2D eigenvalue weighted by atomic mass is 9.85. The van der Waals surface area contributed by atoms with Crippen molar-refractivity contribution in [3.05, 3.63) is 36.0 Å². The standard InChI is InChI=1S/C18H25N3/c1-3-19-11-15-12-20-18(17-10-5-4-9-16(15)17)21(2)13-14-7-6-8-14/h4-5,9-10,12,14,19H,3,6-8,11,13H2,1-2H3. The highest BCUT2D eigenvalue weighted by Crippen LogP contribution is 2.31. The fourth-order valence-corrected chi connectivity index (χ4v) is 3.09. The van der Waals surface area contributed by atoms with E-state index in [-0.39, 0.29) is 0 Å². The molecule has 0 unspecified atom stereocenters. The molecule has 0 aliphatic heterocycles. The zero-order valence-electron chi connectivity index (χ0n) is 13.1. The summed E-state index contributed by atoms with van der Waals surface area (Å²) in [5.74, 6) is 1.98. The molecule has 0 bridgehead atoms. The molecule has 2 aromatic rings. The van der Waals surface area contributed by atoms with Crippen LogP contribution in [0.25, 0.3) is 10.8 Å². The van der Waals surface area contributed by atoms with Gasteiger partial charge >= 0.3 is 0 Å². The molecule has 1 aromatic heterocycles. The average molecular weight is 283 g/mol. The summed E-state index contributed by atoms with van der Waals surface area (Å²) in [5, 5.41) is 6.00. The summed E-state index contributed by atoms with van der Waals surface area (Å²) in [7, 11) is 2.18. The van der Waals surface area contributed by atoms with Gasteiger partial charge in [-0.05, 0) is 36.3 Å². The van der Waals surface area contributed by atoms with Crippen LogP contribution >= 0.6 is 0 Å². The number of rotatable bonds is 6. The molecule has 21 heavy (non-hydrogen) atoms. The molecule has 1 fully saturated rings. The number of benzene rings is 1. The van der Waals surface area contributed by atoms with Crippen LogP contribution in [0.5, 0.6) is 0 Å². The molecular formula is C18H25N3. The van der Waals surface area contributed by atoms with Gasteiger partial charge in [0.2, 0.25) is 0 Å². The van der Waals surface area contributed by atoms with Crippen LogP contribution < -0.4 is 10.2 Å². The average Bonchev–Trinajstić information content (AvgIpc) is 2.48. The molecule has 112 valence electrons. The number of nitrogens with zero attached hydrogens (tertiary/aromatic N) is 2. The molecule has 0 amide bonds. The van der Waals surface area contributed by atoms with Crippen LogP contribution in [0.1, 0.15) is 31.7 Å². The van der Waals surface area contributed by atoms with Gasteiger partial charge in [-0.2, -0.15) is 0 Å². The van der Waals surface area contributed by atoms with Crippen LogP contribution in [0, 0.1) is 5.92 Å². The van der Waals surface area contributed by atoms with Gasteiger partial charge in [0, 0.05) is 31.7 Å². The largest absolute Gasteiger partial charge is 0.359 e. The summed E-state index contributed by atoms with van der Waals surface area (Å²) in [6.07, 6.45) is 6.19. The Morgan fingerprint density at radius 1 is 1.24 bits per heavy atom. The number of fused-ring (bicyclic) bond motifs is 1.